The van der Waals surface area contributed by atoms with Crippen molar-refractivity contribution in [3.63, 3.8) is 0 Å². The second-order valence-corrected chi connectivity index (χ2v) is 7.09. The summed E-state index contributed by atoms with van der Waals surface area (Å²) in [6, 6.07) is 0. The minimum Gasteiger partial charge on any atom is -0.396 e. The molecule has 2 atom stereocenters. The van der Waals surface area contributed by atoms with Gasteiger partial charge in [-0.25, -0.2) is 0 Å². The van der Waals surface area contributed by atoms with Crippen molar-refractivity contribution in [2.24, 2.45) is 5.92 Å². The molecule has 122 valence electrons. The first-order valence-corrected chi connectivity index (χ1v) is 8.87. The van der Waals surface area contributed by atoms with E-state index in [0.717, 1.165) is 12.8 Å². The molecule has 0 aliphatic carbocycles. The highest BCUT2D eigenvalue weighted by atomic mass is 35.5. The molecule has 0 rings (SSSR count). The molecule has 0 spiro atoms. The summed E-state index contributed by atoms with van der Waals surface area (Å²) in [5.41, 5.74) is 0. The largest absolute Gasteiger partial charge is 0.396 e. The lowest BCUT2D eigenvalue weighted by atomic mass is 9.84. The Labute approximate surface area is 130 Å². The highest BCUT2D eigenvalue weighted by molar-refractivity contribution is 6.23. The average Bonchev–Trinajstić information content (AvgIpc) is 2.40. The van der Waals surface area contributed by atoms with E-state index in [0.29, 0.717) is 12.3 Å². The third-order valence-corrected chi connectivity index (χ3v) is 4.83. The Balaban J connectivity index is 3.75. The Morgan fingerprint density at radius 1 is 0.850 bits per heavy atom. The number of aliphatic hydroxyl groups is 2. The number of alkyl halides is 1. The first-order valence-electron chi connectivity index (χ1n) is 8.49. The average molecular weight is 307 g/mol. The molecule has 0 radical (unpaired) electrons. The van der Waals surface area contributed by atoms with Gasteiger partial charge >= 0.3 is 0 Å². The molecule has 2 nitrogen and oxygen atoms in total. The van der Waals surface area contributed by atoms with Gasteiger partial charge in [0.15, 0.2) is 0 Å². The van der Waals surface area contributed by atoms with Gasteiger partial charge in [0, 0.05) is 18.1 Å². The fourth-order valence-electron chi connectivity index (χ4n) is 2.85. The Morgan fingerprint density at radius 3 is 1.90 bits per heavy atom. The zero-order valence-electron chi connectivity index (χ0n) is 13.5. The van der Waals surface area contributed by atoms with Gasteiger partial charge in [0.2, 0.25) is 0 Å². The second-order valence-electron chi connectivity index (χ2n) is 6.22. The molecular formula is C17H35ClO2. The maximum atomic E-state index is 9.17. The molecule has 0 aromatic heterocycles. The predicted octanol–water partition coefficient (Wildman–Crippen LogP) is 4.90. The quantitative estimate of drug-likeness (QED) is 0.354. The van der Waals surface area contributed by atoms with E-state index in [4.69, 9.17) is 16.7 Å². The molecule has 3 heteroatoms. The predicted molar refractivity (Wildman–Crippen MR) is 88.4 cm³/mol. The minimum absolute atomic E-state index is 0.124. The van der Waals surface area contributed by atoms with Crippen LogP contribution in [0.15, 0.2) is 0 Å². The standard InChI is InChI=1S/C17H35ClO2/c1-3-4-5-6-7-8-9-10-11-16(12-14-19)17(2,18)13-15-20/h16,19-20H,3-15H2,1-2H3. The molecule has 2 N–H and O–H groups in total. The molecule has 0 heterocycles. The fourth-order valence-corrected chi connectivity index (χ4v) is 3.15. The van der Waals surface area contributed by atoms with Gasteiger partial charge < -0.3 is 10.2 Å². The van der Waals surface area contributed by atoms with E-state index in [1.165, 1.54) is 51.4 Å². The highest BCUT2D eigenvalue weighted by Gasteiger charge is 2.30. The Hall–Kier alpha value is 0.210. The van der Waals surface area contributed by atoms with E-state index >= 15 is 0 Å². The van der Waals surface area contributed by atoms with Gasteiger partial charge in [-0.05, 0) is 32.1 Å². The van der Waals surface area contributed by atoms with Crippen molar-refractivity contribution >= 4 is 11.6 Å². The summed E-state index contributed by atoms with van der Waals surface area (Å²) in [4.78, 5) is -0.376. The van der Waals surface area contributed by atoms with Crippen LogP contribution in [0.1, 0.15) is 84.5 Å². The van der Waals surface area contributed by atoms with Crippen LogP contribution in [0.25, 0.3) is 0 Å². The first-order chi connectivity index (χ1) is 9.58. The lowest BCUT2D eigenvalue weighted by Gasteiger charge is -2.31. The van der Waals surface area contributed by atoms with Crippen molar-refractivity contribution in [2.75, 3.05) is 13.2 Å². The maximum absolute atomic E-state index is 9.17. The number of unbranched alkanes of at least 4 members (excludes halogenated alkanes) is 7. The summed E-state index contributed by atoms with van der Waals surface area (Å²) in [5.74, 6) is 0.307. The van der Waals surface area contributed by atoms with E-state index in [-0.39, 0.29) is 18.1 Å². The van der Waals surface area contributed by atoms with Crippen LogP contribution in [-0.2, 0) is 0 Å². The molecule has 0 aliphatic rings. The van der Waals surface area contributed by atoms with Crippen molar-refractivity contribution < 1.29 is 10.2 Å². The normalized spacial score (nSPS) is 16.1. The first kappa shape index (κ1) is 20.2. The molecule has 0 bridgehead atoms. The van der Waals surface area contributed by atoms with Gasteiger partial charge in [-0.1, -0.05) is 58.3 Å². The molecule has 0 amide bonds. The van der Waals surface area contributed by atoms with Crippen LogP contribution in [0.5, 0.6) is 0 Å². The third kappa shape index (κ3) is 10.0. The molecule has 0 saturated carbocycles. The summed E-state index contributed by atoms with van der Waals surface area (Å²) in [6.45, 7) is 4.56. The summed E-state index contributed by atoms with van der Waals surface area (Å²) in [5, 5.41) is 18.3. The number of halogens is 1. The molecule has 0 aromatic carbocycles. The van der Waals surface area contributed by atoms with E-state index in [1.54, 1.807) is 0 Å². The third-order valence-electron chi connectivity index (χ3n) is 4.34. The Morgan fingerprint density at radius 2 is 1.40 bits per heavy atom. The van der Waals surface area contributed by atoms with Crippen molar-refractivity contribution in [3.05, 3.63) is 0 Å². The Bertz CT molecular complexity index is 207. The lowest BCUT2D eigenvalue weighted by Crippen LogP contribution is -2.30. The number of rotatable bonds is 14. The Kier molecular flexibility index (Phi) is 13.0. The molecule has 0 saturated heterocycles. The van der Waals surface area contributed by atoms with E-state index < -0.39 is 0 Å². The van der Waals surface area contributed by atoms with Crippen molar-refractivity contribution in [1.82, 2.24) is 0 Å². The van der Waals surface area contributed by atoms with Crippen LogP contribution in [0.4, 0.5) is 0 Å². The highest BCUT2D eigenvalue weighted by Crippen LogP contribution is 2.34. The van der Waals surface area contributed by atoms with Crippen molar-refractivity contribution in [1.29, 1.82) is 0 Å². The summed E-state index contributed by atoms with van der Waals surface area (Å²) >= 11 is 6.51. The van der Waals surface area contributed by atoms with Crippen LogP contribution < -0.4 is 0 Å². The summed E-state index contributed by atoms with van der Waals surface area (Å²) < 4.78 is 0. The van der Waals surface area contributed by atoms with Gasteiger partial charge in [-0.3, -0.25) is 0 Å². The summed E-state index contributed by atoms with van der Waals surface area (Å²) in [7, 11) is 0. The van der Waals surface area contributed by atoms with Gasteiger partial charge in [-0.2, -0.15) is 0 Å². The molecule has 2 unspecified atom stereocenters. The topological polar surface area (TPSA) is 40.5 Å². The fraction of sp³-hybridized carbons (Fsp3) is 1.00. The van der Waals surface area contributed by atoms with E-state index in [9.17, 15) is 5.11 Å². The SMILES string of the molecule is CCCCCCCCCCC(CCO)C(C)(Cl)CCO. The molecule has 20 heavy (non-hydrogen) atoms. The molecule has 0 aromatic rings. The van der Waals surface area contributed by atoms with Gasteiger partial charge in [0.25, 0.3) is 0 Å². The zero-order valence-corrected chi connectivity index (χ0v) is 14.3. The van der Waals surface area contributed by atoms with Crippen LogP contribution >= 0.6 is 11.6 Å². The number of hydrogen-bond acceptors (Lipinski definition) is 2. The van der Waals surface area contributed by atoms with E-state index in [2.05, 4.69) is 6.92 Å². The van der Waals surface area contributed by atoms with E-state index in [1.807, 2.05) is 6.92 Å². The van der Waals surface area contributed by atoms with Crippen LogP contribution in [0.2, 0.25) is 0 Å². The molecule has 0 aliphatic heterocycles. The van der Waals surface area contributed by atoms with Crippen LogP contribution in [0.3, 0.4) is 0 Å². The lowest BCUT2D eigenvalue weighted by molar-refractivity contribution is 0.196. The maximum Gasteiger partial charge on any atom is 0.0469 e. The second kappa shape index (κ2) is 12.9. The molecular weight excluding hydrogens is 272 g/mol. The van der Waals surface area contributed by atoms with Crippen LogP contribution in [-0.4, -0.2) is 28.3 Å². The van der Waals surface area contributed by atoms with Crippen molar-refractivity contribution in [2.45, 2.75) is 89.4 Å². The smallest absolute Gasteiger partial charge is 0.0469 e. The number of aliphatic hydroxyl groups excluding tert-OH is 2. The minimum atomic E-state index is -0.376. The van der Waals surface area contributed by atoms with Gasteiger partial charge in [0.05, 0.1) is 0 Å². The number of hydrogen-bond donors (Lipinski definition) is 2. The zero-order chi connectivity index (χ0) is 15.3. The molecule has 0 fully saturated rings. The summed E-state index contributed by atoms with van der Waals surface area (Å²) in [6.07, 6.45) is 12.9. The van der Waals surface area contributed by atoms with Crippen LogP contribution in [0, 0.1) is 5.92 Å². The van der Waals surface area contributed by atoms with Gasteiger partial charge in [0.1, 0.15) is 0 Å². The monoisotopic (exact) mass is 306 g/mol. The van der Waals surface area contributed by atoms with Gasteiger partial charge in [-0.15, -0.1) is 11.6 Å². The van der Waals surface area contributed by atoms with Crippen molar-refractivity contribution in [3.8, 4) is 0 Å².